The molecule has 2 atom stereocenters. The van der Waals surface area contributed by atoms with Gasteiger partial charge in [0.2, 0.25) is 0 Å². The number of aliphatic hydroxyl groups excluding tert-OH is 1. The van der Waals surface area contributed by atoms with Gasteiger partial charge in [-0.2, -0.15) is 10.4 Å². The number of benzene rings is 1. The van der Waals surface area contributed by atoms with Crippen molar-refractivity contribution < 1.29 is 18.7 Å². The quantitative estimate of drug-likeness (QED) is 0.911. The van der Waals surface area contributed by atoms with Gasteiger partial charge >= 0.3 is 0 Å². The molecule has 1 aromatic carbocycles. The Bertz CT molecular complexity index is 836. The van der Waals surface area contributed by atoms with E-state index >= 15 is 0 Å². The molecule has 3 rings (SSSR count). The van der Waals surface area contributed by atoms with Gasteiger partial charge in [0, 0.05) is 44.8 Å². The maximum atomic E-state index is 14.1. The number of nitrogens with zero attached hydrogens (tertiary/aromatic N) is 4. The molecule has 1 N–H and O–H groups in total. The highest BCUT2D eigenvalue weighted by Gasteiger charge is 2.38. The lowest BCUT2D eigenvalue weighted by molar-refractivity contribution is 0.0771. The van der Waals surface area contributed by atoms with E-state index in [2.05, 4.69) is 5.10 Å². The summed E-state index contributed by atoms with van der Waals surface area (Å²) < 4.78 is 29.8. The Balaban J connectivity index is 1.88. The number of rotatable bonds is 3. The van der Waals surface area contributed by atoms with E-state index in [1.54, 1.807) is 30.2 Å². The molecule has 0 radical (unpaired) electrons. The van der Waals surface area contributed by atoms with Crippen molar-refractivity contribution in [1.29, 1.82) is 5.26 Å². The van der Waals surface area contributed by atoms with E-state index in [4.69, 9.17) is 5.26 Å². The number of aromatic nitrogens is 2. The highest BCUT2D eigenvalue weighted by molar-refractivity contribution is 5.95. The van der Waals surface area contributed by atoms with Crippen LogP contribution >= 0.6 is 0 Å². The number of likely N-dealkylation sites (tertiary alicyclic amines) is 1. The van der Waals surface area contributed by atoms with Crippen LogP contribution in [0.1, 0.15) is 27.4 Å². The van der Waals surface area contributed by atoms with E-state index in [-0.39, 0.29) is 37.1 Å². The van der Waals surface area contributed by atoms with Crippen LogP contribution in [0.5, 0.6) is 0 Å². The number of hydrogen-bond acceptors (Lipinski definition) is 4. The predicted molar refractivity (Wildman–Crippen MR) is 83.5 cm³/mol. The SMILES string of the molecule is Cn1cc([C@@H]2CN(C(=O)c3c(F)cc(C#N)cc3F)C[C@H]2CO)cn1. The van der Waals surface area contributed by atoms with Gasteiger partial charge in [0.15, 0.2) is 0 Å². The summed E-state index contributed by atoms with van der Waals surface area (Å²) in [6.45, 7) is 0.268. The molecule has 1 aliphatic heterocycles. The summed E-state index contributed by atoms with van der Waals surface area (Å²) in [5.41, 5.74) is -0.00501. The van der Waals surface area contributed by atoms with Gasteiger partial charge in [-0.1, -0.05) is 0 Å². The Morgan fingerprint density at radius 3 is 2.60 bits per heavy atom. The average molecular weight is 346 g/mol. The first kappa shape index (κ1) is 17.0. The molecule has 1 saturated heterocycles. The molecular weight excluding hydrogens is 330 g/mol. The number of hydrogen-bond donors (Lipinski definition) is 1. The number of carbonyl (C=O) groups excluding carboxylic acids is 1. The van der Waals surface area contributed by atoms with Crippen LogP contribution in [-0.4, -0.2) is 45.4 Å². The molecule has 2 aromatic rings. The number of carbonyl (C=O) groups is 1. The van der Waals surface area contributed by atoms with Gasteiger partial charge in [0.25, 0.3) is 5.91 Å². The Morgan fingerprint density at radius 1 is 1.40 bits per heavy atom. The number of aryl methyl sites for hydroxylation is 1. The first-order valence-corrected chi connectivity index (χ1v) is 7.72. The minimum atomic E-state index is -1.06. The van der Waals surface area contributed by atoms with Crippen LogP contribution < -0.4 is 0 Å². The molecule has 0 aliphatic carbocycles. The average Bonchev–Trinajstić information content (AvgIpc) is 3.19. The molecule has 0 spiro atoms. The van der Waals surface area contributed by atoms with E-state index < -0.39 is 23.1 Å². The summed E-state index contributed by atoms with van der Waals surface area (Å²) >= 11 is 0. The standard InChI is InChI=1S/C17H16F2N4O2/c1-22-6-11(5-21-22)13-8-23(7-12(13)9-24)17(25)16-14(18)2-10(4-20)3-15(16)19/h2-3,5-6,12-13,24H,7-9H2,1H3/t12-,13-/m0/s1. The van der Waals surface area contributed by atoms with Crippen LogP contribution in [0.2, 0.25) is 0 Å². The van der Waals surface area contributed by atoms with Gasteiger partial charge in [-0.3, -0.25) is 9.48 Å². The van der Waals surface area contributed by atoms with Crippen molar-refractivity contribution in [2.45, 2.75) is 5.92 Å². The fraction of sp³-hybridized carbons (Fsp3) is 0.353. The third-order valence-electron chi connectivity index (χ3n) is 4.50. The maximum absolute atomic E-state index is 14.1. The minimum absolute atomic E-state index is 0.151. The topological polar surface area (TPSA) is 82.2 Å². The van der Waals surface area contributed by atoms with Crippen molar-refractivity contribution in [2.75, 3.05) is 19.7 Å². The summed E-state index contributed by atoms with van der Waals surface area (Å²) in [6, 6.07) is 3.33. The lowest BCUT2D eigenvalue weighted by Gasteiger charge is -2.17. The zero-order chi connectivity index (χ0) is 18.1. The highest BCUT2D eigenvalue weighted by Crippen LogP contribution is 2.33. The van der Waals surface area contributed by atoms with Gasteiger partial charge in [-0.15, -0.1) is 0 Å². The molecule has 2 heterocycles. The third kappa shape index (κ3) is 3.10. The number of halogens is 2. The van der Waals surface area contributed by atoms with E-state index in [1.165, 1.54) is 4.90 Å². The Kier molecular flexibility index (Phi) is 4.51. The molecule has 0 unspecified atom stereocenters. The Labute approximate surface area is 142 Å². The van der Waals surface area contributed by atoms with Gasteiger partial charge in [0.05, 0.1) is 17.8 Å². The van der Waals surface area contributed by atoms with E-state index in [0.29, 0.717) is 0 Å². The minimum Gasteiger partial charge on any atom is -0.396 e. The molecular formula is C17H16F2N4O2. The monoisotopic (exact) mass is 346 g/mol. The van der Waals surface area contributed by atoms with Crippen LogP contribution in [-0.2, 0) is 7.05 Å². The highest BCUT2D eigenvalue weighted by atomic mass is 19.1. The molecule has 1 amide bonds. The smallest absolute Gasteiger partial charge is 0.259 e. The Hall–Kier alpha value is -2.79. The zero-order valence-corrected chi connectivity index (χ0v) is 13.5. The van der Waals surface area contributed by atoms with E-state index in [1.807, 2.05) is 0 Å². The van der Waals surface area contributed by atoms with Crippen LogP contribution in [0.4, 0.5) is 8.78 Å². The molecule has 0 saturated carbocycles. The second kappa shape index (κ2) is 6.61. The van der Waals surface area contributed by atoms with Crippen molar-refractivity contribution in [2.24, 2.45) is 13.0 Å². The zero-order valence-electron chi connectivity index (χ0n) is 13.5. The van der Waals surface area contributed by atoms with Crippen molar-refractivity contribution in [3.8, 4) is 6.07 Å². The van der Waals surface area contributed by atoms with Crippen molar-refractivity contribution in [3.05, 3.63) is 52.9 Å². The van der Waals surface area contributed by atoms with Gasteiger partial charge < -0.3 is 10.0 Å². The van der Waals surface area contributed by atoms with Crippen LogP contribution in [0.3, 0.4) is 0 Å². The lowest BCUT2D eigenvalue weighted by Crippen LogP contribution is -2.31. The molecule has 0 bridgehead atoms. The second-order valence-electron chi connectivity index (χ2n) is 6.13. The number of nitriles is 1. The Morgan fingerprint density at radius 2 is 2.08 bits per heavy atom. The van der Waals surface area contributed by atoms with Gasteiger partial charge in [0.1, 0.15) is 17.2 Å². The second-order valence-corrected chi connectivity index (χ2v) is 6.13. The summed E-state index contributed by atoms with van der Waals surface area (Å²) in [4.78, 5) is 13.9. The maximum Gasteiger partial charge on any atom is 0.259 e. The first-order valence-electron chi connectivity index (χ1n) is 7.72. The molecule has 6 nitrogen and oxygen atoms in total. The molecule has 1 aromatic heterocycles. The predicted octanol–water partition coefficient (Wildman–Crippen LogP) is 1.42. The summed E-state index contributed by atoms with van der Waals surface area (Å²) in [7, 11) is 1.76. The van der Waals surface area contributed by atoms with Crippen molar-refractivity contribution in [1.82, 2.24) is 14.7 Å². The fourth-order valence-corrected chi connectivity index (χ4v) is 3.23. The summed E-state index contributed by atoms with van der Waals surface area (Å²) in [5.74, 6) is -3.31. The van der Waals surface area contributed by atoms with Crippen LogP contribution in [0.15, 0.2) is 24.5 Å². The largest absolute Gasteiger partial charge is 0.396 e. The third-order valence-corrected chi connectivity index (χ3v) is 4.50. The number of amides is 1. The van der Waals surface area contributed by atoms with Gasteiger partial charge in [-0.25, -0.2) is 8.78 Å². The summed E-state index contributed by atoms with van der Waals surface area (Å²) in [6.07, 6.45) is 3.45. The normalized spacial score (nSPS) is 19.9. The molecule has 1 aliphatic rings. The molecule has 1 fully saturated rings. The fourth-order valence-electron chi connectivity index (χ4n) is 3.23. The molecule has 8 heteroatoms. The van der Waals surface area contributed by atoms with Gasteiger partial charge in [-0.05, 0) is 17.7 Å². The van der Waals surface area contributed by atoms with Crippen molar-refractivity contribution in [3.63, 3.8) is 0 Å². The van der Waals surface area contributed by atoms with Crippen LogP contribution in [0.25, 0.3) is 0 Å². The summed E-state index contributed by atoms with van der Waals surface area (Å²) in [5, 5.41) is 22.4. The first-order chi connectivity index (χ1) is 11.9. The van der Waals surface area contributed by atoms with Crippen molar-refractivity contribution >= 4 is 5.91 Å². The van der Waals surface area contributed by atoms with Crippen LogP contribution in [0, 0.1) is 28.9 Å². The molecule has 130 valence electrons. The van der Waals surface area contributed by atoms with E-state index in [9.17, 15) is 18.7 Å². The lowest BCUT2D eigenvalue weighted by atomic mass is 9.92. The van der Waals surface area contributed by atoms with E-state index in [0.717, 1.165) is 17.7 Å². The molecule has 25 heavy (non-hydrogen) atoms. The number of aliphatic hydroxyl groups is 1.